The summed E-state index contributed by atoms with van der Waals surface area (Å²) in [6.45, 7) is 3.02. The summed E-state index contributed by atoms with van der Waals surface area (Å²) in [7, 11) is 1.96. The van der Waals surface area contributed by atoms with Gasteiger partial charge in [0, 0.05) is 12.6 Å². The molecule has 3 nitrogen and oxygen atoms in total. The van der Waals surface area contributed by atoms with Gasteiger partial charge in [-0.1, -0.05) is 29.3 Å². The second kappa shape index (κ2) is 6.20. The van der Waals surface area contributed by atoms with Crippen molar-refractivity contribution in [3.8, 4) is 0 Å². The molecule has 1 N–H and O–H groups in total. The van der Waals surface area contributed by atoms with E-state index in [0.29, 0.717) is 16.1 Å². The summed E-state index contributed by atoms with van der Waals surface area (Å²) in [5, 5.41) is 4.55. The van der Waals surface area contributed by atoms with Gasteiger partial charge in [0.2, 0.25) is 0 Å². The van der Waals surface area contributed by atoms with Gasteiger partial charge >= 0.3 is 0 Å². The van der Waals surface area contributed by atoms with Crippen molar-refractivity contribution in [1.82, 2.24) is 10.2 Å². The van der Waals surface area contributed by atoms with E-state index in [1.165, 1.54) is 19.4 Å². The molecule has 2 saturated heterocycles. The lowest BCUT2D eigenvalue weighted by Gasteiger charge is -2.39. The van der Waals surface area contributed by atoms with Gasteiger partial charge in [0.05, 0.1) is 28.8 Å². The third-order valence-electron chi connectivity index (χ3n) is 4.40. The first kappa shape index (κ1) is 14.6. The number of rotatable bonds is 3. The molecule has 0 bridgehead atoms. The molecule has 2 heterocycles. The largest absolute Gasteiger partial charge is 0.373 e. The van der Waals surface area contributed by atoms with Gasteiger partial charge < -0.3 is 10.1 Å². The number of benzene rings is 1. The van der Waals surface area contributed by atoms with Crippen LogP contribution in [0.1, 0.15) is 24.4 Å². The summed E-state index contributed by atoms with van der Waals surface area (Å²) in [6, 6.07) is 6.58. The highest BCUT2D eigenvalue weighted by Gasteiger charge is 2.35. The third-order valence-corrected chi connectivity index (χ3v) is 5.14. The molecule has 3 atom stereocenters. The number of halogens is 2. The van der Waals surface area contributed by atoms with Crippen molar-refractivity contribution in [2.24, 2.45) is 0 Å². The zero-order chi connectivity index (χ0) is 14.1. The van der Waals surface area contributed by atoms with Crippen molar-refractivity contribution >= 4 is 23.2 Å². The maximum Gasteiger partial charge on any atom is 0.0897 e. The van der Waals surface area contributed by atoms with Gasteiger partial charge in [-0.15, -0.1) is 0 Å². The number of ether oxygens (including phenoxy) is 1. The summed E-state index contributed by atoms with van der Waals surface area (Å²) >= 11 is 12.1. The zero-order valence-electron chi connectivity index (χ0n) is 11.6. The number of nitrogens with one attached hydrogen (secondary N) is 1. The molecule has 110 valence electrons. The van der Waals surface area contributed by atoms with E-state index < -0.39 is 0 Å². The maximum absolute atomic E-state index is 6.13. The lowest BCUT2D eigenvalue weighted by Crippen LogP contribution is -2.50. The molecular formula is C15H20Cl2N2O. The molecule has 0 spiro atoms. The van der Waals surface area contributed by atoms with E-state index in [1.807, 2.05) is 25.2 Å². The average Bonchev–Trinajstić information content (AvgIpc) is 2.91. The lowest BCUT2D eigenvalue weighted by molar-refractivity contribution is -0.0642. The molecule has 0 amide bonds. The van der Waals surface area contributed by atoms with Crippen LogP contribution in [-0.4, -0.2) is 43.8 Å². The lowest BCUT2D eigenvalue weighted by atomic mass is 9.99. The molecule has 2 aliphatic heterocycles. The maximum atomic E-state index is 6.13. The molecule has 1 aromatic carbocycles. The number of fused-ring (bicyclic) bond motifs is 1. The van der Waals surface area contributed by atoms with E-state index in [2.05, 4.69) is 10.2 Å². The minimum absolute atomic E-state index is 0.145. The van der Waals surface area contributed by atoms with Crippen molar-refractivity contribution in [2.75, 3.05) is 26.7 Å². The van der Waals surface area contributed by atoms with E-state index >= 15 is 0 Å². The summed E-state index contributed by atoms with van der Waals surface area (Å²) in [5.74, 6) is 0. The number of likely N-dealkylation sites (N-methyl/N-ethyl adjacent to an activating group) is 1. The van der Waals surface area contributed by atoms with E-state index in [1.54, 1.807) is 0 Å². The van der Waals surface area contributed by atoms with Crippen LogP contribution in [0.15, 0.2) is 18.2 Å². The van der Waals surface area contributed by atoms with Gasteiger partial charge in [0.15, 0.2) is 0 Å². The molecule has 0 aromatic heterocycles. The van der Waals surface area contributed by atoms with Gasteiger partial charge in [-0.2, -0.15) is 0 Å². The van der Waals surface area contributed by atoms with Crippen LogP contribution in [0.4, 0.5) is 0 Å². The van der Waals surface area contributed by atoms with Crippen LogP contribution in [0.5, 0.6) is 0 Å². The molecule has 3 unspecified atom stereocenters. The van der Waals surface area contributed by atoms with Crippen molar-refractivity contribution < 1.29 is 4.74 Å². The Bertz CT molecular complexity index is 483. The minimum Gasteiger partial charge on any atom is -0.373 e. The SMILES string of the molecule is CNC(c1ccc(Cl)c(Cl)c1)C1CN2CCCC2CO1. The Kier molecular flexibility index (Phi) is 4.53. The Labute approximate surface area is 130 Å². The highest BCUT2D eigenvalue weighted by atomic mass is 35.5. The van der Waals surface area contributed by atoms with Crippen molar-refractivity contribution in [2.45, 2.75) is 31.0 Å². The molecule has 20 heavy (non-hydrogen) atoms. The third kappa shape index (κ3) is 2.83. The second-order valence-electron chi connectivity index (χ2n) is 5.60. The normalized spacial score (nSPS) is 28.4. The summed E-state index contributed by atoms with van der Waals surface area (Å²) in [6.07, 6.45) is 2.72. The second-order valence-corrected chi connectivity index (χ2v) is 6.42. The van der Waals surface area contributed by atoms with Crippen LogP contribution >= 0.6 is 23.2 Å². The first-order valence-corrected chi connectivity index (χ1v) is 7.92. The Morgan fingerprint density at radius 3 is 2.95 bits per heavy atom. The summed E-state index contributed by atoms with van der Waals surface area (Å²) in [4.78, 5) is 2.55. The molecule has 2 fully saturated rings. The van der Waals surface area contributed by atoms with Gasteiger partial charge in [-0.25, -0.2) is 0 Å². The van der Waals surface area contributed by atoms with E-state index in [9.17, 15) is 0 Å². The van der Waals surface area contributed by atoms with Crippen molar-refractivity contribution in [3.05, 3.63) is 33.8 Å². The molecule has 2 aliphatic rings. The number of hydrogen-bond donors (Lipinski definition) is 1. The van der Waals surface area contributed by atoms with Crippen molar-refractivity contribution in [1.29, 1.82) is 0 Å². The fourth-order valence-corrected chi connectivity index (χ4v) is 3.62. The smallest absolute Gasteiger partial charge is 0.0897 e. The molecule has 3 rings (SSSR count). The standard InChI is InChI=1S/C15H20Cl2N2O/c1-18-15(10-4-5-12(16)13(17)7-10)14-8-19-6-2-3-11(19)9-20-14/h4-5,7,11,14-15,18H,2-3,6,8-9H2,1H3. The topological polar surface area (TPSA) is 24.5 Å². The fraction of sp³-hybridized carbons (Fsp3) is 0.600. The Balaban J connectivity index is 1.77. The minimum atomic E-state index is 0.145. The first-order chi connectivity index (χ1) is 9.69. The van der Waals surface area contributed by atoms with Gasteiger partial charge in [-0.05, 0) is 44.1 Å². The zero-order valence-corrected chi connectivity index (χ0v) is 13.1. The molecule has 1 aromatic rings. The number of hydrogen-bond acceptors (Lipinski definition) is 3. The van der Waals surface area contributed by atoms with Crippen LogP contribution in [0.25, 0.3) is 0 Å². The number of nitrogens with zero attached hydrogens (tertiary/aromatic N) is 1. The van der Waals surface area contributed by atoms with Crippen molar-refractivity contribution in [3.63, 3.8) is 0 Å². The van der Waals surface area contributed by atoms with Gasteiger partial charge in [0.1, 0.15) is 0 Å². The van der Waals surface area contributed by atoms with E-state index in [4.69, 9.17) is 27.9 Å². The van der Waals surface area contributed by atoms with Crippen LogP contribution < -0.4 is 5.32 Å². The molecule has 5 heteroatoms. The van der Waals surface area contributed by atoms with Crippen LogP contribution in [0.2, 0.25) is 10.0 Å². The predicted octanol–water partition coefficient (Wildman–Crippen LogP) is 3.12. The summed E-state index contributed by atoms with van der Waals surface area (Å²) < 4.78 is 6.09. The summed E-state index contributed by atoms with van der Waals surface area (Å²) in [5.41, 5.74) is 1.13. The molecule has 0 saturated carbocycles. The first-order valence-electron chi connectivity index (χ1n) is 7.17. The van der Waals surface area contributed by atoms with E-state index in [0.717, 1.165) is 18.7 Å². The molecule has 0 aliphatic carbocycles. The number of morpholine rings is 1. The van der Waals surface area contributed by atoms with Gasteiger partial charge in [0.25, 0.3) is 0 Å². The predicted molar refractivity (Wildman–Crippen MR) is 82.6 cm³/mol. The highest BCUT2D eigenvalue weighted by molar-refractivity contribution is 6.42. The van der Waals surface area contributed by atoms with Crippen LogP contribution in [0, 0.1) is 0 Å². The average molecular weight is 315 g/mol. The Morgan fingerprint density at radius 1 is 1.35 bits per heavy atom. The molecular weight excluding hydrogens is 295 g/mol. The van der Waals surface area contributed by atoms with Crippen LogP contribution in [0.3, 0.4) is 0 Å². The monoisotopic (exact) mass is 314 g/mol. The molecule has 0 radical (unpaired) electrons. The fourth-order valence-electron chi connectivity index (χ4n) is 3.32. The highest BCUT2D eigenvalue weighted by Crippen LogP contribution is 2.31. The quantitative estimate of drug-likeness (QED) is 0.927. The Morgan fingerprint density at radius 2 is 2.20 bits per heavy atom. The van der Waals surface area contributed by atoms with Gasteiger partial charge in [-0.3, -0.25) is 4.90 Å². The Hall–Kier alpha value is -0.320. The van der Waals surface area contributed by atoms with E-state index in [-0.39, 0.29) is 12.1 Å². The van der Waals surface area contributed by atoms with Crippen LogP contribution in [-0.2, 0) is 4.74 Å².